The Morgan fingerprint density at radius 2 is 1.73 bits per heavy atom. The van der Waals surface area contributed by atoms with Gasteiger partial charge in [0.15, 0.2) is 0 Å². The molecule has 0 amide bonds. The first-order valence-electron chi connectivity index (χ1n) is 8.27. The molecule has 0 heterocycles. The van der Waals surface area contributed by atoms with E-state index in [0.717, 1.165) is 19.3 Å². The van der Waals surface area contributed by atoms with Gasteiger partial charge in [-0.05, 0) is 53.0 Å². The molecule has 2 N–H and O–H groups in total. The smallest absolute Gasteiger partial charge is 0.00650 e. The fourth-order valence-electron chi connectivity index (χ4n) is 3.02. The molecule has 2 aromatic carbocycles. The number of hydrogen-bond acceptors (Lipinski definition) is 1. The molecule has 0 saturated carbocycles. The number of benzene rings is 2. The highest BCUT2D eigenvalue weighted by Crippen LogP contribution is 2.31. The van der Waals surface area contributed by atoms with Crippen LogP contribution < -0.4 is 5.73 Å². The maximum absolute atomic E-state index is 6.13. The van der Waals surface area contributed by atoms with Gasteiger partial charge in [-0.2, -0.15) is 0 Å². The minimum Gasteiger partial charge on any atom is -0.327 e. The summed E-state index contributed by atoms with van der Waals surface area (Å²) in [4.78, 5) is 0. The summed E-state index contributed by atoms with van der Waals surface area (Å²) in [5, 5.41) is 0. The summed E-state index contributed by atoms with van der Waals surface area (Å²) < 4.78 is 0. The highest BCUT2D eigenvalue weighted by molar-refractivity contribution is 5.88. The number of aryl methyl sites for hydroxylation is 1. The normalized spacial score (nSPS) is 14.8. The zero-order valence-electron chi connectivity index (χ0n) is 13.5. The number of nitrogens with two attached hydrogens (primary N) is 1. The summed E-state index contributed by atoms with van der Waals surface area (Å²) in [5.74, 6) is 0.557. The Kier molecular flexibility index (Phi) is 4.44. The average molecular weight is 291 g/mol. The van der Waals surface area contributed by atoms with Crippen molar-refractivity contribution in [2.45, 2.75) is 39.2 Å². The average Bonchev–Trinajstić information content (AvgIpc) is 2.97. The van der Waals surface area contributed by atoms with E-state index < -0.39 is 0 Å². The molecule has 0 saturated heterocycles. The molecular weight excluding hydrogens is 266 g/mol. The van der Waals surface area contributed by atoms with Gasteiger partial charge in [-0.25, -0.2) is 0 Å². The van der Waals surface area contributed by atoms with Gasteiger partial charge >= 0.3 is 0 Å². The summed E-state index contributed by atoms with van der Waals surface area (Å²) in [6, 6.07) is 18.0. The Bertz CT molecular complexity index is 665. The van der Waals surface area contributed by atoms with E-state index in [0.29, 0.717) is 12.0 Å². The molecule has 0 aromatic heterocycles. The molecule has 0 aliphatic heterocycles. The molecular formula is C21H25N. The first-order valence-corrected chi connectivity index (χ1v) is 8.27. The third kappa shape index (κ3) is 3.31. The number of hydrogen-bond donors (Lipinski definition) is 1. The fraction of sp³-hybridized carbons (Fsp3) is 0.333. The maximum Gasteiger partial charge on any atom is 0.00650 e. The van der Waals surface area contributed by atoms with Crippen molar-refractivity contribution in [2.75, 3.05) is 0 Å². The second-order valence-electron chi connectivity index (χ2n) is 6.69. The molecule has 114 valence electrons. The highest BCUT2D eigenvalue weighted by atomic mass is 14.6. The Morgan fingerprint density at radius 1 is 1.00 bits per heavy atom. The highest BCUT2D eigenvalue weighted by Gasteiger charge is 2.13. The van der Waals surface area contributed by atoms with E-state index in [9.17, 15) is 0 Å². The molecule has 1 aliphatic carbocycles. The van der Waals surface area contributed by atoms with Crippen LogP contribution in [-0.4, -0.2) is 6.04 Å². The quantitative estimate of drug-likeness (QED) is 0.849. The topological polar surface area (TPSA) is 26.0 Å². The van der Waals surface area contributed by atoms with Crippen molar-refractivity contribution in [3.63, 3.8) is 0 Å². The van der Waals surface area contributed by atoms with Gasteiger partial charge in [-0.1, -0.05) is 68.5 Å². The standard InChI is InChI=1S/C21H25N/c1-15(2)21(22)12-9-16-7-10-17(11-8-16)20-13-18-5-3-4-6-19(18)14-20/h3-8,10-11,13,15,21H,9,12,14,22H2,1-2H3. The van der Waals surface area contributed by atoms with Crippen LogP contribution in [0.5, 0.6) is 0 Å². The molecule has 1 atom stereocenters. The van der Waals surface area contributed by atoms with Gasteiger partial charge in [-0.3, -0.25) is 0 Å². The lowest BCUT2D eigenvalue weighted by molar-refractivity contribution is 0.464. The minimum absolute atomic E-state index is 0.298. The Labute approximate surface area is 133 Å². The number of rotatable bonds is 5. The van der Waals surface area contributed by atoms with Crippen LogP contribution in [0, 0.1) is 5.92 Å². The predicted octanol–water partition coefficient (Wildman–Crippen LogP) is 4.70. The van der Waals surface area contributed by atoms with E-state index in [4.69, 9.17) is 5.73 Å². The van der Waals surface area contributed by atoms with Crippen LogP contribution in [-0.2, 0) is 12.8 Å². The van der Waals surface area contributed by atoms with E-state index in [1.807, 2.05) is 0 Å². The maximum atomic E-state index is 6.13. The molecule has 3 rings (SSSR count). The molecule has 2 aromatic rings. The van der Waals surface area contributed by atoms with Gasteiger partial charge in [0.1, 0.15) is 0 Å². The predicted molar refractivity (Wildman–Crippen MR) is 95.6 cm³/mol. The van der Waals surface area contributed by atoms with Crippen LogP contribution in [0.4, 0.5) is 0 Å². The Hall–Kier alpha value is -1.86. The van der Waals surface area contributed by atoms with Gasteiger partial charge < -0.3 is 5.73 Å². The van der Waals surface area contributed by atoms with E-state index in [1.165, 1.54) is 27.8 Å². The molecule has 1 nitrogen and oxygen atoms in total. The third-order valence-electron chi connectivity index (χ3n) is 4.71. The summed E-state index contributed by atoms with van der Waals surface area (Å²) in [6.45, 7) is 4.38. The van der Waals surface area contributed by atoms with Crippen LogP contribution in [0.25, 0.3) is 11.6 Å². The molecule has 1 aliphatic rings. The van der Waals surface area contributed by atoms with Crippen molar-refractivity contribution in [1.82, 2.24) is 0 Å². The molecule has 0 radical (unpaired) electrons. The lowest BCUT2D eigenvalue weighted by Gasteiger charge is -2.15. The first-order chi connectivity index (χ1) is 10.6. The zero-order chi connectivity index (χ0) is 15.5. The van der Waals surface area contributed by atoms with E-state index >= 15 is 0 Å². The SMILES string of the molecule is CC(C)C(N)CCc1ccc(C2=Cc3ccccc3C2)cc1. The lowest BCUT2D eigenvalue weighted by atomic mass is 9.96. The van der Waals surface area contributed by atoms with Gasteiger partial charge in [0, 0.05) is 6.04 Å². The summed E-state index contributed by atoms with van der Waals surface area (Å²) in [5.41, 5.74) is 13.1. The monoisotopic (exact) mass is 291 g/mol. The molecule has 22 heavy (non-hydrogen) atoms. The van der Waals surface area contributed by atoms with Crippen molar-refractivity contribution in [1.29, 1.82) is 0 Å². The van der Waals surface area contributed by atoms with E-state index in [2.05, 4.69) is 68.5 Å². The molecule has 0 bridgehead atoms. The van der Waals surface area contributed by atoms with Crippen molar-refractivity contribution < 1.29 is 0 Å². The van der Waals surface area contributed by atoms with Gasteiger partial charge in [0.2, 0.25) is 0 Å². The summed E-state index contributed by atoms with van der Waals surface area (Å²) >= 11 is 0. The number of fused-ring (bicyclic) bond motifs is 1. The first kappa shape index (κ1) is 15.1. The van der Waals surface area contributed by atoms with E-state index in [-0.39, 0.29) is 0 Å². The largest absolute Gasteiger partial charge is 0.327 e. The molecule has 0 fully saturated rings. The van der Waals surface area contributed by atoms with Crippen molar-refractivity contribution in [3.8, 4) is 0 Å². The molecule has 1 unspecified atom stereocenters. The fourth-order valence-corrected chi connectivity index (χ4v) is 3.02. The summed E-state index contributed by atoms with van der Waals surface area (Å²) in [6.07, 6.45) is 5.50. The van der Waals surface area contributed by atoms with Crippen molar-refractivity contribution >= 4 is 11.6 Å². The van der Waals surface area contributed by atoms with Crippen LogP contribution in [0.15, 0.2) is 48.5 Å². The third-order valence-corrected chi connectivity index (χ3v) is 4.71. The lowest BCUT2D eigenvalue weighted by Crippen LogP contribution is -2.26. The number of allylic oxidation sites excluding steroid dienone is 1. The zero-order valence-corrected chi connectivity index (χ0v) is 13.5. The minimum atomic E-state index is 0.298. The molecule has 1 heteroatoms. The van der Waals surface area contributed by atoms with Crippen molar-refractivity contribution in [3.05, 3.63) is 70.8 Å². The van der Waals surface area contributed by atoms with Gasteiger partial charge in [0.05, 0.1) is 0 Å². The van der Waals surface area contributed by atoms with Crippen LogP contribution >= 0.6 is 0 Å². The molecule has 0 spiro atoms. The van der Waals surface area contributed by atoms with Crippen molar-refractivity contribution in [2.24, 2.45) is 11.7 Å². The van der Waals surface area contributed by atoms with E-state index in [1.54, 1.807) is 0 Å². The van der Waals surface area contributed by atoms with Crippen LogP contribution in [0.3, 0.4) is 0 Å². The second-order valence-corrected chi connectivity index (χ2v) is 6.69. The second kappa shape index (κ2) is 6.50. The van der Waals surface area contributed by atoms with Crippen LogP contribution in [0.2, 0.25) is 0 Å². The Balaban J connectivity index is 1.66. The Morgan fingerprint density at radius 3 is 2.41 bits per heavy atom. The van der Waals surface area contributed by atoms with Gasteiger partial charge in [-0.15, -0.1) is 0 Å². The van der Waals surface area contributed by atoms with Crippen LogP contribution in [0.1, 0.15) is 42.5 Å². The summed E-state index contributed by atoms with van der Waals surface area (Å²) in [7, 11) is 0. The van der Waals surface area contributed by atoms with Gasteiger partial charge in [0.25, 0.3) is 0 Å².